The molecule has 9 heteroatoms. The summed E-state index contributed by atoms with van der Waals surface area (Å²) >= 11 is 1.38. The second-order valence-corrected chi connectivity index (χ2v) is 11.7. The van der Waals surface area contributed by atoms with Crippen molar-refractivity contribution >= 4 is 35.4 Å². The van der Waals surface area contributed by atoms with Crippen LogP contribution in [-0.4, -0.2) is 47.4 Å². The zero-order chi connectivity index (χ0) is 27.7. The summed E-state index contributed by atoms with van der Waals surface area (Å²) in [6.07, 6.45) is 5.00. The molecule has 0 radical (unpaired) electrons. The van der Waals surface area contributed by atoms with E-state index in [0.29, 0.717) is 25.4 Å². The first-order valence-corrected chi connectivity index (χ1v) is 14.7. The number of anilines is 1. The summed E-state index contributed by atoms with van der Waals surface area (Å²) in [5.41, 5.74) is 8.52. The maximum atomic E-state index is 13.0. The second-order valence-electron chi connectivity index (χ2n) is 10.3. The topological polar surface area (TPSA) is 111 Å². The van der Waals surface area contributed by atoms with Crippen molar-refractivity contribution in [1.29, 1.82) is 0 Å². The third-order valence-electron chi connectivity index (χ3n) is 7.49. The number of benzene rings is 2. The summed E-state index contributed by atoms with van der Waals surface area (Å²) in [5, 5.41) is 2.91. The van der Waals surface area contributed by atoms with Crippen molar-refractivity contribution in [3.05, 3.63) is 60.2 Å². The predicted molar refractivity (Wildman–Crippen MR) is 152 cm³/mol. The Morgan fingerprint density at radius 2 is 1.79 bits per heavy atom. The van der Waals surface area contributed by atoms with Crippen LogP contribution >= 0.6 is 11.8 Å². The van der Waals surface area contributed by atoms with E-state index in [1.807, 2.05) is 54.6 Å². The van der Waals surface area contributed by atoms with Gasteiger partial charge in [-0.15, -0.1) is 11.8 Å². The minimum Gasteiger partial charge on any atom is -0.466 e. The maximum absolute atomic E-state index is 13.0. The molecule has 0 spiro atoms. The van der Waals surface area contributed by atoms with Gasteiger partial charge in [0, 0.05) is 18.0 Å². The van der Waals surface area contributed by atoms with Gasteiger partial charge >= 0.3 is 12.1 Å². The number of thioether (sulfide) groups is 1. The number of carbonyl (C=O) groups excluding carboxylic acids is 3. The average molecular weight is 554 g/mol. The first-order chi connectivity index (χ1) is 18.9. The number of nitrogens with two attached hydrogens (primary N) is 1. The zero-order valence-corrected chi connectivity index (χ0v) is 23.4. The highest BCUT2D eigenvalue weighted by Gasteiger charge is 2.45. The fourth-order valence-corrected chi connectivity index (χ4v) is 6.68. The van der Waals surface area contributed by atoms with Gasteiger partial charge in [-0.05, 0) is 49.8 Å². The highest BCUT2D eigenvalue weighted by Crippen LogP contribution is 2.45. The molecule has 4 rings (SSSR count). The van der Waals surface area contributed by atoms with Gasteiger partial charge in [0.05, 0.1) is 29.5 Å². The number of amides is 2. The number of carbonyl (C=O) groups is 3. The van der Waals surface area contributed by atoms with E-state index in [1.165, 1.54) is 11.8 Å². The number of ether oxygens (including phenoxy) is 2. The van der Waals surface area contributed by atoms with Crippen LogP contribution in [0.1, 0.15) is 57.4 Å². The van der Waals surface area contributed by atoms with E-state index in [0.717, 1.165) is 48.3 Å². The molecule has 2 aliphatic rings. The van der Waals surface area contributed by atoms with Gasteiger partial charge in [0.1, 0.15) is 6.61 Å². The molecule has 2 heterocycles. The van der Waals surface area contributed by atoms with Crippen LogP contribution in [0.3, 0.4) is 0 Å². The van der Waals surface area contributed by atoms with Gasteiger partial charge in [-0.25, -0.2) is 4.79 Å². The molecule has 0 saturated carbocycles. The normalized spacial score (nSPS) is 20.4. The van der Waals surface area contributed by atoms with Crippen molar-refractivity contribution in [2.24, 2.45) is 17.6 Å². The monoisotopic (exact) mass is 553 g/mol. The number of esters is 1. The lowest BCUT2D eigenvalue weighted by atomic mass is 9.87. The van der Waals surface area contributed by atoms with Gasteiger partial charge in [0.15, 0.2) is 0 Å². The minimum absolute atomic E-state index is 0.0364. The van der Waals surface area contributed by atoms with Crippen LogP contribution in [0.4, 0.5) is 10.5 Å². The number of piperidine rings is 1. The van der Waals surface area contributed by atoms with Crippen LogP contribution in [-0.2, 0) is 25.7 Å². The fourth-order valence-electron chi connectivity index (χ4n) is 5.34. The third-order valence-corrected chi connectivity index (χ3v) is 8.88. The van der Waals surface area contributed by atoms with Crippen molar-refractivity contribution < 1.29 is 23.9 Å². The number of nitrogens with one attached hydrogen (secondary N) is 1. The molecule has 1 fully saturated rings. The lowest BCUT2D eigenvalue weighted by Gasteiger charge is -2.34. The molecule has 0 aliphatic carbocycles. The molecule has 2 atom stereocenters. The highest BCUT2D eigenvalue weighted by molar-refractivity contribution is 8.00. The number of para-hydroxylation sites is 1. The van der Waals surface area contributed by atoms with E-state index >= 15 is 0 Å². The summed E-state index contributed by atoms with van der Waals surface area (Å²) in [5.74, 6) is -0.609. The van der Waals surface area contributed by atoms with Crippen LogP contribution in [0.2, 0.25) is 0 Å². The number of hydrogen-bond acceptors (Lipinski definition) is 7. The number of likely N-dealkylation sites (tertiary alicyclic amines) is 1. The lowest BCUT2D eigenvalue weighted by Crippen LogP contribution is -2.49. The van der Waals surface area contributed by atoms with Crippen LogP contribution in [0, 0.1) is 11.8 Å². The average Bonchev–Trinajstić information content (AvgIpc) is 3.07. The summed E-state index contributed by atoms with van der Waals surface area (Å²) in [6, 6.07) is 17.2. The van der Waals surface area contributed by atoms with Gasteiger partial charge in [-0.2, -0.15) is 0 Å². The van der Waals surface area contributed by atoms with Gasteiger partial charge in [-0.1, -0.05) is 61.7 Å². The van der Waals surface area contributed by atoms with Crippen LogP contribution < -0.4 is 11.1 Å². The summed E-state index contributed by atoms with van der Waals surface area (Å²) in [6.45, 7) is 3.73. The maximum Gasteiger partial charge on any atom is 0.410 e. The first kappa shape index (κ1) is 29.0. The number of nitrogens with zero attached hydrogens (tertiary/aromatic N) is 1. The molecule has 210 valence electrons. The van der Waals surface area contributed by atoms with Crippen molar-refractivity contribution in [1.82, 2.24) is 4.90 Å². The highest BCUT2D eigenvalue weighted by atomic mass is 32.2. The van der Waals surface area contributed by atoms with E-state index in [1.54, 1.807) is 11.8 Å². The molecule has 8 nitrogen and oxygen atoms in total. The molecule has 2 aromatic rings. The van der Waals surface area contributed by atoms with Gasteiger partial charge < -0.3 is 25.4 Å². The van der Waals surface area contributed by atoms with Crippen LogP contribution in [0.5, 0.6) is 0 Å². The Morgan fingerprint density at radius 1 is 1.08 bits per heavy atom. The standard InChI is InChI=1S/C30H39N3O5S/c1-2-37-28(35)24(30(31)20-27(34)32-25-14-8-9-15-26(25)39-30)13-7-6-10-22-16-18-33(19-17-22)29(36)38-21-23-11-4-3-5-12-23/h3-5,8-9,11-12,14-15,22,24H,2,6-7,10,13,16-21,31H2,1H3,(H,32,34)/t24?,30-/m1/s1. The first-order valence-electron chi connectivity index (χ1n) is 13.9. The molecule has 0 bridgehead atoms. The quantitative estimate of drug-likeness (QED) is 0.293. The largest absolute Gasteiger partial charge is 0.466 e. The summed E-state index contributed by atoms with van der Waals surface area (Å²) < 4.78 is 10.9. The molecular formula is C30H39N3O5S. The Labute approximate surface area is 235 Å². The van der Waals surface area contributed by atoms with Crippen molar-refractivity contribution in [2.45, 2.75) is 68.2 Å². The van der Waals surface area contributed by atoms with E-state index in [4.69, 9.17) is 15.2 Å². The van der Waals surface area contributed by atoms with E-state index in [-0.39, 0.29) is 37.6 Å². The van der Waals surface area contributed by atoms with Crippen LogP contribution in [0.25, 0.3) is 0 Å². The molecule has 39 heavy (non-hydrogen) atoms. The van der Waals surface area contributed by atoms with Crippen molar-refractivity contribution in [3.63, 3.8) is 0 Å². The second kappa shape index (κ2) is 13.8. The molecule has 1 saturated heterocycles. The SMILES string of the molecule is CCOC(=O)C(CCCCC1CCN(C(=O)OCc2ccccc2)CC1)[C@@]1(N)CC(=O)Nc2ccccc2S1. The molecule has 1 unspecified atom stereocenters. The Hall–Kier alpha value is -3.04. The molecule has 3 N–H and O–H groups in total. The zero-order valence-electron chi connectivity index (χ0n) is 22.6. The molecule has 0 aromatic heterocycles. The fraction of sp³-hybridized carbons (Fsp3) is 0.500. The molecular weight excluding hydrogens is 514 g/mol. The number of rotatable bonds is 10. The molecule has 2 aliphatic heterocycles. The predicted octanol–water partition coefficient (Wildman–Crippen LogP) is 5.56. The van der Waals surface area contributed by atoms with Crippen molar-refractivity contribution in [3.8, 4) is 0 Å². The molecule has 2 amide bonds. The van der Waals surface area contributed by atoms with E-state index < -0.39 is 10.8 Å². The van der Waals surface area contributed by atoms with Crippen LogP contribution in [0.15, 0.2) is 59.5 Å². The van der Waals surface area contributed by atoms with Gasteiger partial charge in [0.2, 0.25) is 5.91 Å². The Bertz CT molecular complexity index is 1120. The lowest BCUT2D eigenvalue weighted by molar-refractivity contribution is -0.149. The summed E-state index contributed by atoms with van der Waals surface area (Å²) in [4.78, 5) is 39.7. The smallest absolute Gasteiger partial charge is 0.410 e. The molecule has 2 aromatic carbocycles. The Balaban J connectivity index is 1.25. The Kier molecular flexibility index (Phi) is 10.3. The Morgan fingerprint density at radius 3 is 2.54 bits per heavy atom. The van der Waals surface area contributed by atoms with Gasteiger partial charge in [-0.3, -0.25) is 9.59 Å². The minimum atomic E-state index is -1.09. The van der Waals surface area contributed by atoms with Gasteiger partial charge in [0.25, 0.3) is 0 Å². The number of fused-ring (bicyclic) bond motifs is 1. The number of unbranched alkanes of at least 4 members (excludes halogenated alkanes) is 1. The third kappa shape index (κ3) is 7.99. The van der Waals surface area contributed by atoms with Crippen molar-refractivity contribution in [2.75, 3.05) is 25.0 Å². The summed E-state index contributed by atoms with van der Waals surface area (Å²) in [7, 11) is 0. The van der Waals surface area contributed by atoms with E-state index in [9.17, 15) is 14.4 Å². The van der Waals surface area contributed by atoms with E-state index in [2.05, 4.69) is 5.32 Å². The number of hydrogen-bond donors (Lipinski definition) is 2.